The lowest BCUT2D eigenvalue weighted by molar-refractivity contribution is -0.139. The number of carbonyl (C=O) groups excluding carboxylic acids is 2. The van der Waals surface area contributed by atoms with E-state index in [9.17, 15) is 27.9 Å². The standard InChI is InChI=1S/C14H17F3N2O3/c1-18-11(20)7-8-19(2)13(22)12(21)9-3-5-10(6-4-9)14(15,16)17/h3-6,12,21H,7-8H2,1-2H3,(H,18,20)/t12-/m0/s1. The molecular weight excluding hydrogens is 301 g/mol. The van der Waals surface area contributed by atoms with Gasteiger partial charge in [-0.3, -0.25) is 9.59 Å². The molecule has 0 heterocycles. The lowest BCUT2D eigenvalue weighted by atomic mass is 10.1. The SMILES string of the molecule is CNC(=O)CCN(C)C(=O)[C@@H](O)c1ccc(C(F)(F)F)cc1. The van der Waals surface area contributed by atoms with Gasteiger partial charge in [-0.15, -0.1) is 0 Å². The second kappa shape index (κ2) is 7.26. The molecule has 0 unspecified atom stereocenters. The van der Waals surface area contributed by atoms with Gasteiger partial charge < -0.3 is 15.3 Å². The minimum absolute atomic E-state index is 0.0600. The average Bonchev–Trinajstić information content (AvgIpc) is 2.49. The van der Waals surface area contributed by atoms with E-state index in [0.29, 0.717) is 0 Å². The molecule has 8 heteroatoms. The third-order valence-electron chi connectivity index (χ3n) is 3.12. The van der Waals surface area contributed by atoms with Crippen LogP contribution in [0.15, 0.2) is 24.3 Å². The number of amides is 2. The molecule has 0 fully saturated rings. The Morgan fingerprint density at radius 1 is 1.27 bits per heavy atom. The van der Waals surface area contributed by atoms with Crippen LogP contribution < -0.4 is 5.32 Å². The highest BCUT2D eigenvalue weighted by molar-refractivity contribution is 5.82. The van der Waals surface area contributed by atoms with Crippen molar-refractivity contribution >= 4 is 11.8 Å². The molecule has 0 saturated heterocycles. The molecule has 2 N–H and O–H groups in total. The maximum absolute atomic E-state index is 12.4. The molecule has 1 rings (SSSR count). The zero-order valence-corrected chi connectivity index (χ0v) is 12.1. The van der Waals surface area contributed by atoms with Gasteiger partial charge >= 0.3 is 6.18 Å². The van der Waals surface area contributed by atoms with Gasteiger partial charge in [0, 0.05) is 27.1 Å². The van der Waals surface area contributed by atoms with Crippen LogP contribution in [0.3, 0.4) is 0 Å². The lowest BCUT2D eigenvalue weighted by Crippen LogP contribution is -2.34. The van der Waals surface area contributed by atoms with E-state index >= 15 is 0 Å². The Morgan fingerprint density at radius 3 is 2.27 bits per heavy atom. The van der Waals surface area contributed by atoms with E-state index in [2.05, 4.69) is 5.32 Å². The number of hydrogen-bond acceptors (Lipinski definition) is 3. The Balaban J connectivity index is 2.72. The number of nitrogens with one attached hydrogen (secondary N) is 1. The van der Waals surface area contributed by atoms with Crippen molar-refractivity contribution in [3.63, 3.8) is 0 Å². The molecule has 2 amide bonds. The first-order valence-corrected chi connectivity index (χ1v) is 6.47. The molecule has 1 aromatic rings. The van der Waals surface area contributed by atoms with Crippen LogP contribution in [0.4, 0.5) is 13.2 Å². The molecule has 22 heavy (non-hydrogen) atoms. The van der Waals surface area contributed by atoms with Gasteiger partial charge in [-0.05, 0) is 17.7 Å². The quantitative estimate of drug-likeness (QED) is 0.860. The Kier molecular flexibility index (Phi) is 5.92. The summed E-state index contributed by atoms with van der Waals surface area (Å²) in [7, 11) is 2.86. The van der Waals surface area contributed by atoms with Crippen LogP contribution in [-0.4, -0.2) is 42.5 Å². The largest absolute Gasteiger partial charge is 0.416 e. The average molecular weight is 318 g/mol. The van der Waals surface area contributed by atoms with Crippen LogP contribution in [-0.2, 0) is 15.8 Å². The molecule has 0 saturated carbocycles. The van der Waals surface area contributed by atoms with Gasteiger partial charge in [0.15, 0.2) is 6.10 Å². The van der Waals surface area contributed by atoms with Crippen LogP contribution in [0.5, 0.6) is 0 Å². The monoisotopic (exact) mass is 318 g/mol. The molecule has 5 nitrogen and oxygen atoms in total. The summed E-state index contributed by atoms with van der Waals surface area (Å²) in [6.45, 7) is 0.0935. The number of halogens is 3. The Morgan fingerprint density at radius 2 is 1.82 bits per heavy atom. The van der Waals surface area contributed by atoms with Gasteiger partial charge in [0.25, 0.3) is 5.91 Å². The molecule has 0 aromatic heterocycles. The number of aliphatic hydroxyl groups is 1. The summed E-state index contributed by atoms with van der Waals surface area (Å²) in [6.07, 6.45) is -5.98. The van der Waals surface area contributed by atoms with Crippen LogP contribution >= 0.6 is 0 Å². The van der Waals surface area contributed by atoms with Gasteiger partial charge in [0.2, 0.25) is 5.91 Å². The summed E-state index contributed by atoms with van der Waals surface area (Å²) in [5.74, 6) is -0.952. The van der Waals surface area contributed by atoms with Crippen LogP contribution in [0.25, 0.3) is 0 Å². The predicted octanol–water partition coefficient (Wildman–Crippen LogP) is 1.33. The van der Waals surface area contributed by atoms with Crippen molar-refractivity contribution in [3.8, 4) is 0 Å². The fraction of sp³-hybridized carbons (Fsp3) is 0.429. The van der Waals surface area contributed by atoms with Crippen LogP contribution in [0.1, 0.15) is 23.7 Å². The molecule has 1 aromatic carbocycles. The van der Waals surface area contributed by atoms with Gasteiger partial charge in [0.05, 0.1) is 5.56 Å². The highest BCUT2D eigenvalue weighted by Gasteiger charge is 2.30. The summed E-state index contributed by atoms with van der Waals surface area (Å²) in [6, 6.07) is 3.71. The summed E-state index contributed by atoms with van der Waals surface area (Å²) in [5, 5.41) is 12.3. The number of likely N-dealkylation sites (N-methyl/N-ethyl adjacent to an activating group) is 1. The summed E-state index contributed by atoms with van der Waals surface area (Å²) in [4.78, 5) is 24.2. The van der Waals surface area contributed by atoms with E-state index in [1.165, 1.54) is 14.1 Å². The van der Waals surface area contributed by atoms with Crippen molar-refractivity contribution in [2.75, 3.05) is 20.6 Å². The molecular formula is C14H17F3N2O3. The number of nitrogens with zero attached hydrogens (tertiary/aromatic N) is 1. The smallest absolute Gasteiger partial charge is 0.378 e. The number of carbonyl (C=O) groups is 2. The van der Waals surface area contributed by atoms with E-state index in [1.807, 2.05) is 0 Å². The fourth-order valence-electron chi connectivity index (χ4n) is 1.71. The van der Waals surface area contributed by atoms with Crippen molar-refractivity contribution in [2.45, 2.75) is 18.7 Å². The Hall–Kier alpha value is -2.09. The minimum atomic E-state index is -4.47. The predicted molar refractivity (Wildman–Crippen MR) is 72.7 cm³/mol. The first-order chi connectivity index (χ1) is 10.2. The van der Waals surface area contributed by atoms with E-state index in [4.69, 9.17) is 0 Å². The lowest BCUT2D eigenvalue weighted by Gasteiger charge is -2.20. The molecule has 0 aliphatic carbocycles. The van der Waals surface area contributed by atoms with Crippen molar-refractivity contribution in [3.05, 3.63) is 35.4 Å². The molecule has 0 radical (unpaired) electrons. The van der Waals surface area contributed by atoms with Gasteiger partial charge in [0.1, 0.15) is 0 Å². The molecule has 0 aliphatic rings. The number of aliphatic hydroxyl groups excluding tert-OH is 1. The highest BCUT2D eigenvalue weighted by atomic mass is 19.4. The molecule has 1 atom stereocenters. The molecule has 0 aliphatic heterocycles. The minimum Gasteiger partial charge on any atom is -0.378 e. The fourth-order valence-corrected chi connectivity index (χ4v) is 1.71. The summed E-state index contributed by atoms with van der Waals surface area (Å²) >= 11 is 0. The second-order valence-corrected chi connectivity index (χ2v) is 4.71. The Bertz CT molecular complexity index is 529. The number of hydrogen-bond donors (Lipinski definition) is 2. The normalized spacial score (nSPS) is 12.6. The van der Waals surface area contributed by atoms with Crippen molar-refractivity contribution in [1.82, 2.24) is 10.2 Å². The highest BCUT2D eigenvalue weighted by Crippen LogP contribution is 2.30. The zero-order chi connectivity index (χ0) is 16.9. The van der Waals surface area contributed by atoms with E-state index in [1.54, 1.807) is 0 Å². The van der Waals surface area contributed by atoms with Crippen LogP contribution in [0.2, 0.25) is 0 Å². The van der Waals surface area contributed by atoms with Gasteiger partial charge in [-0.1, -0.05) is 12.1 Å². The van der Waals surface area contributed by atoms with E-state index in [-0.39, 0.29) is 24.4 Å². The maximum Gasteiger partial charge on any atom is 0.416 e. The van der Waals surface area contributed by atoms with Crippen molar-refractivity contribution < 1.29 is 27.9 Å². The first kappa shape index (κ1) is 18.0. The number of benzene rings is 1. The van der Waals surface area contributed by atoms with E-state index in [0.717, 1.165) is 29.2 Å². The number of alkyl halides is 3. The zero-order valence-electron chi connectivity index (χ0n) is 12.1. The maximum atomic E-state index is 12.4. The third kappa shape index (κ3) is 4.73. The van der Waals surface area contributed by atoms with Crippen molar-refractivity contribution in [2.24, 2.45) is 0 Å². The second-order valence-electron chi connectivity index (χ2n) is 4.71. The van der Waals surface area contributed by atoms with Crippen molar-refractivity contribution in [1.29, 1.82) is 0 Å². The topological polar surface area (TPSA) is 69.6 Å². The molecule has 0 spiro atoms. The van der Waals surface area contributed by atoms with Gasteiger partial charge in [-0.25, -0.2) is 0 Å². The first-order valence-electron chi connectivity index (χ1n) is 6.47. The van der Waals surface area contributed by atoms with Gasteiger partial charge in [-0.2, -0.15) is 13.2 Å². The number of rotatable bonds is 5. The molecule has 122 valence electrons. The summed E-state index contributed by atoms with van der Waals surface area (Å²) in [5.41, 5.74) is -0.798. The summed E-state index contributed by atoms with van der Waals surface area (Å²) < 4.78 is 37.3. The Labute approximate surface area is 125 Å². The third-order valence-corrected chi connectivity index (χ3v) is 3.12. The van der Waals surface area contributed by atoms with E-state index < -0.39 is 23.8 Å². The van der Waals surface area contributed by atoms with Crippen LogP contribution in [0, 0.1) is 0 Å². The molecule has 0 bridgehead atoms.